The molecule has 1 saturated heterocycles. The Bertz CT molecular complexity index is 1430. The molecule has 0 spiro atoms. The zero-order chi connectivity index (χ0) is 25.9. The SMILES string of the molecule is O=C(c1cc2cc(Nc3nccc(-c4cc(OC5CCCC(O)C5)ccn4)n3)ccc2[nH]1)N1CCNCC1. The van der Waals surface area contributed by atoms with Crippen molar-refractivity contribution < 1.29 is 14.6 Å². The first-order chi connectivity index (χ1) is 18.6. The monoisotopic (exact) mass is 513 g/mol. The number of ether oxygens (including phenoxy) is 1. The zero-order valence-corrected chi connectivity index (χ0v) is 21.1. The number of benzene rings is 1. The van der Waals surface area contributed by atoms with Crippen molar-refractivity contribution in [3.8, 4) is 17.1 Å². The third-order valence-corrected chi connectivity index (χ3v) is 7.06. The Morgan fingerprint density at radius 3 is 2.76 bits per heavy atom. The first kappa shape index (κ1) is 24.3. The van der Waals surface area contributed by atoms with E-state index in [1.165, 1.54) is 0 Å². The fourth-order valence-electron chi connectivity index (χ4n) is 5.10. The van der Waals surface area contributed by atoms with Crippen LogP contribution in [0.25, 0.3) is 22.3 Å². The van der Waals surface area contributed by atoms with Crippen LogP contribution in [0.15, 0.2) is 54.9 Å². The number of fused-ring (bicyclic) bond motifs is 1. The van der Waals surface area contributed by atoms with Gasteiger partial charge in [-0.3, -0.25) is 9.78 Å². The normalized spacial score (nSPS) is 19.9. The molecular formula is C28H31N7O3. The molecule has 4 heterocycles. The molecule has 6 rings (SSSR count). The van der Waals surface area contributed by atoms with Gasteiger partial charge in [0, 0.05) is 67.7 Å². The Hall–Kier alpha value is -4.02. The lowest BCUT2D eigenvalue weighted by molar-refractivity contribution is 0.0536. The molecule has 2 fully saturated rings. The third kappa shape index (κ3) is 5.46. The summed E-state index contributed by atoms with van der Waals surface area (Å²) < 4.78 is 6.12. The minimum Gasteiger partial charge on any atom is -0.490 e. The van der Waals surface area contributed by atoms with Crippen LogP contribution in [0.3, 0.4) is 0 Å². The lowest BCUT2D eigenvalue weighted by atomic mass is 9.95. The van der Waals surface area contributed by atoms with E-state index in [0.717, 1.165) is 48.9 Å². The van der Waals surface area contributed by atoms with Crippen LogP contribution in [0.5, 0.6) is 5.75 Å². The van der Waals surface area contributed by atoms with Crippen LogP contribution in [0.2, 0.25) is 0 Å². The molecule has 38 heavy (non-hydrogen) atoms. The predicted octanol–water partition coefficient (Wildman–Crippen LogP) is 3.49. The van der Waals surface area contributed by atoms with Crippen molar-refractivity contribution in [1.29, 1.82) is 0 Å². The molecular weight excluding hydrogens is 482 g/mol. The molecule has 4 aromatic rings. The van der Waals surface area contributed by atoms with Gasteiger partial charge in [-0.25, -0.2) is 9.97 Å². The maximum atomic E-state index is 12.9. The van der Waals surface area contributed by atoms with Gasteiger partial charge in [0.05, 0.1) is 17.5 Å². The second-order valence-corrected chi connectivity index (χ2v) is 9.85. The molecule has 1 amide bonds. The van der Waals surface area contributed by atoms with E-state index >= 15 is 0 Å². The number of aromatic nitrogens is 4. The first-order valence-corrected chi connectivity index (χ1v) is 13.1. The summed E-state index contributed by atoms with van der Waals surface area (Å²) in [6.45, 7) is 3.05. The van der Waals surface area contributed by atoms with E-state index in [4.69, 9.17) is 4.74 Å². The van der Waals surface area contributed by atoms with Gasteiger partial charge in [-0.2, -0.15) is 0 Å². The molecule has 10 heteroatoms. The number of rotatable bonds is 6. The summed E-state index contributed by atoms with van der Waals surface area (Å²) >= 11 is 0. The van der Waals surface area contributed by atoms with Crippen molar-refractivity contribution in [3.63, 3.8) is 0 Å². The molecule has 3 aromatic heterocycles. The molecule has 4 N–H and O–H groups in total. The van der Waals surface area contributed by atoms with E-state index < -0.39 is 0 Å². The van der Waals surface area contributed by atoms with Crippen molar-refractivity contribution in [1.82, 2.24) is 30.2 Å². The summed E-state index contributed by atoms with van der Waals surface area (Å²) in [6.07, 6.45) is 6.50. The van der Waals surface area contributed by atoms with Gasteiger partial charge >= 0.3 is 0 Å². The summed E-state index contributed by atoms with van der Waals surface area (Å²) in [6, 6.07) is 13.3. The molecule has 1 aromatic carbocycles. The zero-order valence-electron chi connectivity index (χ0n) is 21.1. The summed E-state index contributed by atoms with van der Waals surface area (Å²) in [5.41, 5.74) is 3.66. The Balaban J connectivity index is 1.17. The van der Waals surface area contributed by atoms with Gasteiger partial charge in [0.1, 0.15) is 17.5 Å². The maximum absolute atomic E-state index is 12.9. The lowest BCUT2D eigenvalue weighted by Gasteiger charge is -2.26. The van der Waals surface area contributed by atoms with Crippen LogP contribution in [0.1, 0.15) is 36.2 Å². The highest BCUT2D eigenvalue weighted by atomic mass is 16.5. The minimum atomic E-state index is -0.296. The standard InChI is InChI=1S/C28H31N7O3/c36-20-2-1-3-21(16-20)38-22-6-8-30-25(17-22)24-7-9-31-28(34-24)32-19-4-5-23-18(14-19)15-26(33-23)27(37)35-12-10-29-11-13-35/h4-9,14-15,17,20-21,29,33,36H,1-3,10-13,16H2,(H,31,32,34). The van der Waals surface area contributed by atoms with Crippen LogP contribution >= 0.6 is 0 Å². The van der Waals surface area contributed by atoms with E-state index in [1.807, 2.05) is 47.4 Å². The number of hydrogen-bond donors (Lipinski definition) is 4. The molecule has 10 nitrogen and oxygen atoms in total. The number of H-pyrrole nitrogens is 1. The molecule has 1 aliphatic heterocycles. The van der Waals surface area contributed by atoms with Gasteiger partial charge in [0.15, 0.2) is 0 Å². The van der Waals surface area contributed by atoms with Gasteiger partial charge in [0.2, 0.25) is 5.95 Å². The summed E-state index contributed by atoms with van der Waals surface area (Å²) in [5.74, 6) is 1.18. The fraction of sp³-hybridized carbons (Fsp3) is 0.357. The number of piperazine rings is 1. The molecule has 0 radical (unpaired) electrons. The van der Waals surface area contributed by atoms with Crippen molar-refractivity contribution in [2.24, 2.45) is 0 Å². The predicted molar refractivity (Wildman–Crippen MR) is 145 cm³/mol. The van der Waals surface area contributed by atoms with Crippen molar-refractivity contribution in [2.75, 3.05) is 31.5 Å². The molecule has 196 valence electrons. The van der Waals surface area contributed by atoms with Crippen LogP contribution in [0, 0.1) is 0 Å². The number of hydrogen-bond acceptors (Lipinski definition) is 8. The van der Waals surface area contributed by atoms with E-state index in [-0.39, 0.29) is 18.1 Å². The van der Waals surface area contributed by atoms with E-state index in [1.54, 1.807) is 12.4 Å². The second-order valence-electron chi connectivity index (χ2n) is 9.85. The molecule has 0 bridgehead atoms. The van der Waals surface area contributed by atoms with Crippen molar-refractivity contribution >= 4 is 28.4 Å². The number of pyridine rings is 1. The van der Waals surface area contributed by atoms with Crippen molar-refractivity contribution in [2.45, 2.75) is 37.9 Å². The number of carbonyl (C=O) groups is 1. The fourth-order valence-corrected chi connectivity index (χ4v) is 5.10. The van der Waals surface area contributed by atoms with Crippen molar-refractivity contribution in [3.05, 3.63) is 60.6 Å². The highest BCUT2D eigenvalue weighted by Crippen LogP contribution is 2.27. The highest BCUT2D eigenvalue weighted by molar-refractivity contribution is 5.98. The number of nitrogens with one attached hydrogen (secondary N) is 3. The lowest BCUT2D eigenvalue weighted by Crippen LogP contribution is -2.46. The van der Waals surface area contributed by atoms with Crippen LogP contribution in [0.4, 0.5) is 11.6 Å². The van der Waals surface area contributed by atoms with E-state index in [2.05, 4.69) is 30.6 Å². The minimum absolute atomic E-state index is 0.00708. The molecule has 1 saturated carbocycles. The summed E-state index contributed by atoms with van der Waals surface area (Å²) in [4.78, 5) is 31.5. The molecule has 2 aliphatic rings. The molecule has 2 atom stereocenters. The van der Waals surface area contributed by atoms with E-state index in [9.17, 15) is 9.90 Å². The van der Waals surface area contributed by atoms with Crippen LogP contribution in [-0.4, -0.2) is 74.2 Å². The van der Waals surface area contributed by atoms with Gasteiger partial charge in [-0.1, -0.05) is 0 Å². The topological polar surface area (TPSA) is 128 Å². The number of amides is 1. The van der Waals surface area contributed by atoms with E-state index in [0.29, 0.717) is 48.3 Å². The average Bonchev–Trinajstić information content (AvgIpc) is 3.37. The van der Waals surface area contributed by atoms with Crippen LogP contribution < -0.4 is 15.4 Å². The molecule has 2 unspecified atom stereocenters. The van der Waals surface area contributed by atoms with Crippen LogP contribution in [-0.2, 0) is 0 Å². The quantitative estimate of drug-likeness (QED) is 0.309. The number of aliphatic hydroxyl groups excluding tert-OH is 1. The van der Waals surface area contributed by atoms with Gasteiger partial charge < -0.3 is 30.4 Å². The number of carbonyl (C=O) groups excluding carboxylic acids is 1. The average molecular weight is 514 g/mol. The second kappa shape index (κ2) is 10.8. The third-order valence-electron chi connectivity index (χ3n) is 7.06. The number of aliphatic hydroxyl groups is 1. The van der Waals surface area contributed by atoms with Gasteiger partial charge in [-0.05, 0) is 55.7 Å². The van der Waals surface area contributed by atoms with Gasteiger partial charge in [-0.15, -0.1) is 0 Å². The molecule has 1 aliphatic carbocycles. The number of anilines is 2. The van der Waals surface area contributed by atoms with Gasteiger partial charge in [0.25, 0.3) is 5.91 Å². The Morgan fingerprint density at radius 1 is 1.03 bits per heavy atom. The number of nitrogens with zero attached hydrogens (tertiary/aromatic N) is 4. The number of aromatic amines is 1. The maximum Gasteiger partial charge on any atom is 0.270 e. The summed E-state index contributed by atoms with van der Waals surface area (Å²) in [5, 5.41) is 17.4. The summed E-state index contributed by atoms with van der Waals surface area (Å²) in [7, 11) is 0. The Labute approximate surface area is 220 Å². The highest BCUT2D eigenvalue weighted by Gasteiger charge is 2.22. The Kier molecular flexibility index (Phi) is 6.89. The first-order valence-electron chi connectivity index (χ1n) is 13.1. The smallest absolute Gasteiger partial charge is 0.270 e. The Morgan fingerprint density at radius 2 is 1.89 bits per heavy atom. The largest absolute Gasteiger partial charge is 0.490 e.